The molecule has 3 rings (SSSR count). The predicted molar refractivity (Wildman–Crippen MR) is 92.7 cm³/mol. The van der Waals surface area contributed by atoms with Crippen LogP contribution in [0.4, 0.5) is 9.18 Å². The third-order valence-corrected chi connectivity index (χ3v) is 4.80. The number of carbonyl (C=O) groups is 1. The Morgan fingerprint density at radius 1 is 1.46 bits per heavy atom. The smallest absolute Gasteiger partial charge is 0.327 e. The van der Waals surface area contributed by atoms with Gasteiger partial charge in [0.05, 0.1) is 18.2 Å². The Morgan fingerprint density at radius 2 is 2.23 bits per heavy atom. The van der Waals surface area contributed by atoms with Crippen LogP contribution in [-0.2, 0) is 6.54 Å². The van der Waals surface area contributed by atoms with Crippen LogP contribution in [0.5, 0.6) is 0 Å². The molecule has 0 spiro atoms. The van der Waals surface area contributed by atoms with Crippen molar-refractivity contribution in [1.82, 2.24) is 14.7 Å². The third-order valence-electron chi connectivity index (χ3n) is 4.80. The van der Waals surface area contributed by atoms with Crippen LogP contribution in [0.3, 0.4) is 0 Å². The van der Waals surface area contributed by atoms with E-state index in [1.165, 1.54) is 35.0 Å². The molecule has 0 saturated carbocycles. The van der Waals surface area contributed by atoms with Crippen molar-refractivity contribution in [3.63, 3.8) is 0 Å². The molecule has 138 valence electrons. The summed E-state index contributed by atoms with van der Waals surface area (Å²) in [5, 5.41) is 19.5. The third kappa shape index (κ3) is 3.49. The number of rotatable bonds is 3. The summed E-state index contributed by atoms with van der Waals surface area (Å²) in [6, 6.07) is 5.48. The van der Waals surface area contributed by atoms with E-state index in [9.17, 15) is 19.6 Å². The number of likely N-dealkylation sites (tertiary alicyclic amines) is 1. The van der Waals surface area contributed by atoms with Crippen LogP contribution in [0.25, 0.3) is 0 Å². The Balaban J connectivity index is 1.96. The molecule has 3 N–H and O–H groups in total. The summed E-state index contributed by atoms with van der Waals surface area (Å²) >= 11 is 0. The van der Waals surface area contributed by atoms with E-state index in [0.29, 0.717) is 30.0 Å². The topological polar surface area (TPSA) is 96.8 Å². The van der Waals surface area contributed by atoms with Crippen LogP contribution in [0.1, 0.15) is 24.0 Å². The molecule has 0 bridgehead atoms. The summed E-state index contributed by atoms with van der Waals surface area (Å²) < 4.78 is 13.7. The van der Waals surface area contributed by atoms with Crippen LogP contribution < -0.4 is 5.73 Å². The lowest BCUT2D eigenvalue weighted by Gasteiger charge is -2.43. The molecule has 0 aromatic heterocycles. The summed E-state index contributed by atoms with van der Waals surface area (Å²) in [6.45, 7) is 1.32. The lowest BCUT2D eigenvalue weighted by atomic mass is 10.1. The van der Waals surface area contributed by atoms with E-state index in [2.05, 4.69) is 0 Å². The van der Waals surface area contributed by atoms with Gasteiger partial charge in [0.15, 0.2) is 6.23 Å². The first-order valence-electron chi connectivity index (χ1n) is 8.54. The molecule has 0 radical (unpaired) electrons. The zero-order chi connectivity index (χ0) is 18.8. The number of likely N-dealkylation sites (N-methyl/N-ethyl adjacent to an activating group) is 1. The number of hydrogen-bond acceptors (Lipinski definition) is 5. The average molecular weight is 359 g/mol. The summed E-state index contributed by atoms with van der Waals surface area (Å²) in [5.41, 5.74) is 6.78. The molecule has 1 aromatic rings. The van der Waals surface area contributed by atoms with Crippen LogP contribution >= 0.6 is 0 Å². The van der Waals surface area contributed by atoms with Crippen molar-refractivity contribution in [2.75, 3.05) is 20.1 Å². The fraction of sp³-hybridized carbons (Fsp3) is 0.444. The molecular weight excluding hydrogens is 337 g/mol. The van der Waals surface area contributed by atoms with Crippen LogP contribution in [-0.4, -0.2) is 58.2 Å². The largest absolute Gasteiger partial charge is 0.370 e. The second kappa shape index (κ2) is 7.32. The molecule has 1 fully saturated rings. The van der Waals surface area contributed by atoms with Gasteiger partial charge in [0.2, 0.25) is 0 Å². The Kier molecular flexibility index (Phi) is 5.11. The molecule has 1 unspecified atom stereocenters. The number of nitriles is 1. The maximum atomic E-state index is 13.7. The fourth-order valence-electron chi connectivity index (χ4n) is 3.35. The maximum absolute atomic E-state index is 13.7. The molecule has 2 heterocycles. The highest BCUT2D eigenvalue weighted by molar-refractivity contribution is 5.78. The number of nitrogens with zero attached hydrogens (tertiary/aromatic N) is 4. The summed E-state index contributed by atoms with van der Waals surface area (Å²) in [5.74, 6) is 0.0753. The van der Waals surface area contributed by atoms with Crippen molar-refractivity contribution in [1.29, 1.82) is 5.26 Å². The highest BCUT2D eigenvalue weighted by Crippen LogP contribution is 2.26. The van der Waals surface area contributed by atoms with Gasteiger partial charge in [0, 0.05) is 32.3 Å². The molecule has 0 aliphatic carbocycles. The van der Waals surface area contributed by atoms with E-state index in [4.69, 9.17) is 5.73 Å². The van der Waals surface area contributed by atoms with Crippen molar-refractivity contribution in [3.05, 3.63) is 47.0 Å². The molecular formula is C18H22FN5O2. The van der Waals surface area contributed by atoms with Gasteiger partial charge in [-0.1, -0.05) is 0 Å². The predicted octanol–water partition coefficient (Wildman–Crippen LogP) is 1.15. The Bertz CT molecular complexity index is 775. The first-order valence-corrected chi connectivity index (χ1v) is 8.54. The molecule has 2 atom stereocenters. The van der Waals surface area contributed by atoms with E-state index < -0.39 is 18.1 Å². The standard InChI is InChI=1S/C18H22FN5O2/c1-22-17(25)8-16(23-6-2-3-15(21)11-23)24(18(22)26)10-13-7-14(19)5-4-12(13)9-20/h4-5,7-8,15,17,25H,2-3,6,10-11,21H2,1H3/t15-,17?/m1/s1. The molecule has 1 saturated heterocycles. The monoisotopic (exact) mass is 359 g/mol. The van der Waals surface area contributed by atoms with Gasteiger partial charge >= 0.3 is 6.03 Å². The number of hydrogen-bond donors (Lipinski definition) is 2. The Hall–Kier alpha value is -2.63. The molecule has 2 amide bonds. The Labute approximate surface area is 151 Å². The summed E-state index contributed by atoms with van der Waals surface area (Å²) in [6.07, 6.45) is 2.33. The number of amides is 2. The molecule has 2 aliphatic heterocycles. The number of aliphatic hydroxyl groups excluding tert-OH is 1. The van der Waals surface area contributed by atoms with E-state index >= 15 is 0 Å². The van der Waals surface area contributed by atoms with Crippen molar-refractivity contribution in [3.8, 4) is 6.07 Å². The van der Waals surface area contributed by atoms with Gasteiger partial charge < -0.3 is 15.7 Å². The minimum absolute atomic E-state index is 0.0118. The number of piperidine rings is 1. The van der Waals surface area contributed by atoms with Crippen molar-refractivity contribution >= 4 is 6.03 Å². The van der Waals surface area contributed by atoms with Crippen molar-refractivity contribution in [2.45, 2.75) is 31.7 Å². The molecule has 2 aliphatic rings. The fourth-order valence-corrected chi connectivity index (χ4v) is 3.35. The highest BCUT2D eigenvalue weighted by atomic mass is 19.1. The molecule has 7 nitrogen and oxygen atoms in total. The number of urea groups is 1. The summed E-state index contributed by atoms with van der Waals surface area (Å²) in [7, 11) is 1.49. The molecule has 26 heavy (non-hydrogen) atoms. The van der Waals surface area contributed by atoms with Crippen LogP contribution in [0, 0.1) is 17.1 Å². The van der Waals surface area contributed by atoms with Crippen LogP contribution in [0.2, 0.25) is 0 Å². The van der Waals surface area contributed by atoms with Gasteiger partial charge in [-0.3, -0.25) is 9.80 Å². The van der Waals surface area contributed by atoms with Gasteiger partial charge in [-0.05, 0) is 36.6 Å². The van der Waals surface area contributed by atoms with E-state index in [0.717, 1.165) is 12.8 Å². The minimum atomic E-state index is -1.05. The molecule has 1 aromatic carbocycles. The Morgan fingerprint density at radius 3 is 2.92 bits per heavy atom. The second-order valence-corrected chi connectivity index (χ2v) is 6.68. The number of halogens is 1. The summed E-state index contributed by atoms with van der Waals surface area (Å²) in [4.78, 5) is 17.4. The number of carbonyl (C=O) groups excluding carboxylic acids is 1. The van der Waals surface area contributed by atoms with Gasteiger partial charge in [0.25, 0.3) is 0 Å². The van der Waals surface area contributed by atoms with Crippen LogP contribution in [0.15, 0.2) is 30.1 Å². The zero-order valence-corrected chi connectivity index (χ0v) is 14.6. The maximum Gasteiger partial charge on any atom is 0.327 e. The average Bonchev–Trinajstić information content (AvgIpc) is 2.62. The second-order valence-electron chi connectivity index (χ2n) is 6.68. The number of aliphatic hydroxyl groups is 1. The number of benzene rings is 1. The van der Waals surface area contributed by atoms with Gasteiger partial charge in [0.1, 0.15) is 11.6 Å². The highest BCUT2D eigenvalue weighted by Gasteiger charge is 2.35. The van der Waals surface area contributed by atoms with E-state index in [1.54, 1.807) is 6.08 Å². The van der Waals surface area contributed by atoms with Crippen molar-refractivity contribution < 1.29 is 14.3 Å². The quantitative estimate of drug-likeness (QED) is 0.844. The van der Waals surface area contributed by atoms with E-state index in [1.807, 2.05) is 11.0 Å². The lowest BCUT2D eigenvalue weighted by molar-refractivity contribution is 0.0418. The number of nitrogens with two attached hydrogens (primary N) is 1. The van der Waals surface area contributed by atoms with Gasteiger partial charge in [-0.15, -0.1) is 0 Å². The zero-order valence-electron chi connectivity index (χ0n) is 14.6. The van der Waals surface area contributed by atoms with Gasteiger partial charge in [-0.25, -0.2) is 9.18 Å². The lowest BCUT2D eigenvalue weighted by Crippen LogP contribution is -2.54. The van der Waals surface area contributed by atoms with E-state index in [-0.39, 0.29) is 12.6 Å². The first-order chi connectivity index (χ1) is 12.4. The minimum Gasteiger partial charge on any atom is -0.370 e. The SMILES string of the molecule is CN1C(=O)N(Cc2cc(F)ccc2C#N)C(N2CCC[C@@H](N)C2)=CC1O. The first kappa shape index (κ1) is 18.2. The normalized spacial score (nSPS) is 23.7. The molecule has 8 heteroatoms. The van der Waals surface area contributed by atoms with Gasteiger partial charge in [-0.2, -0.15) is 5.26 Å². The van der Waals surface area contributed by atoms with Crippen molar-refractivity contribution in [2.24, 2.45) is 5.73 Å².